The first-order chi connectivity index (χ1) is 32.4. The summed E-state index contributed by atoms with van der Waals surface area (Å²) in [4.78, 5) is 2.56. The first kappa shape index (κ1) is 37.5. The highest BCUT2D eigenvalue weighted by Gasteiger charge is 2.53. The van der Waals surface area contributed by atoms with Gasteiger partial charge in [0.05, 0.1) is 41.3 Å². The Labute approximate surface area is 384 Å². The second kappa shape index (κ2) is 13.6. The fourth-order valence-electron chi connectivity index (χ4n) is 11.9. The van der Waals surface area contributed by atoms with Crippen molar-refractivity contribution in [2.24, 2.45) is 0 Å². The van der Waals surface area contributed by atoms with Crippen LogP contribution in [-0.4, -0.2) is 12.6 Å². The monoisotopic (exact) mass is 860 g/mol. The van der Waals surface area contributed by atoms with Crippen LogP contribution in [0.2, 0.25) is 19.6 Å². The minimum absolute atomic E-state index is 0.563. The number of nitrogens with zero attached hydrogens (tertiary/aromatic N) is 2. The van der Waals surface area contributed by atoms with Gasteiger partial charge in [-0.1, -0.05) is 183 Å². The van der Waals surface area contributed by atoms with E-state index in [0.29, 0.717) is 0 Å². The van der Waals surface area contributed by atoms with Crippen molar-refractivity contribution in [2.45, 2.75) is 25.1 Å². The number of para-hydroxylation sites is 2. The lowest BCUT2D eigenvalue weighted by Crippen LogP contribution is -2.37. The van der Waals surface area contributed by atoms with Crippen LogP contribution in [0, 0.1) is 0 Å². The Kier molecular flexibility index (Phi) is 7.69. The molecule has 0 saturated carbocycles. The van der Waals surface area contributed by atoms with Crippen LogP contribution in [0.4, 0.5) is 17.1 Å². The van der Waals surface area contributed by atoms with Gasteiger partial charge in [-0.15, -0.1) is 0 Å². The molecule has 2 heterocycles. The van der Waals surface area contributed by atoms with E-state index in [1.165, 1.54) is 76.8 Å². The molecular weight excluding hydrogens is 817 g/mol. The summed E-state index contributed by atoms with van der Waals surface area (Å²) in [5, 5.41) is 8.50. The third-order valence-electron chi connectivity index (χ3n) is 14.7. The molecule has 0 fully saturated rings. The Hall–Kier alpha value is -7.92. The number of fused-ring (bicyclic) bond motifs is 18. The van der Waals surface area contributed by atoms with Crippen molar-refractivity contribution in [3.05, 3.63) is 235 Å². The maximum Gasteiger partial charge on any atom is 0.145 e. The average molecular weight is 861 g/mol. The van der Waals surface area contributed by atoms with E-state index in [4.69, 9.17) is 4.42 Å². The van der Waals surface area contributed by atoms with Gasteiger partial charge in [-0.25, -0.2) is 0 Å². The van der Waals surface area contributed by atoms with Crippen LogP contribution >= 0.6 is 0 Å². The van der Waals surface area contributed by atoms with Gasteiger partial charge in [0, 0.05) is 33.1 Å². The summed E-state index contributed by atoms with van der Waals surface area (Å²) < 4.78 is 9.74. The number of anilines is 3. The Bertz CT molecular complexity index is 3950. The molecule has 1 spiro atoms. The van der Waals surface area contributed by atoms with Crippen molar-refractivity contribution < 1.29 is 4.42 Å². The minimum Gasteiger partial charge on any atom is -0.455 e. The van der Waals surface area contributed by atoms with E-state index in [0.717, 1.165) is 50.2 Å². The number of benzene rings is 10. The van der Waals surface area contributed by atoms with Crippen LogP contribution in [0.25, 0.3) is 82.5 Å². The maximum atomic E-state index is 7.29. The summed E-state index contributed by atoms with van der Waals surface area (Å²) in [5.74, 6) is 0. The normalized spacial score (nSPS) is 13.5. The summed E-state index contributed by atoms with van der Waals surface area (Å²) in [7, 11) is -1.63. The molecule has 0 unspecified atom stereocenters. The van der Waals surface area contributed by atoms with Crippen LogP contribution in [0.15, 0.2) is 217 Å². The van der Waals surface area contributed by atoms with Crippen LogP contribution in [0.1, 0.15) is 22.3 Å². The summed E-state index contributed by atoms with van der Waals surface area (Å²) in [5.41, 5.74) is 18.2. The number of hydrogen-bond donors (Lipinski definition) is 0. The van der Waals surface area contributed by atoms with Gasteiger partial charge in [0.2, 0.25) is 0 Å². The zero-order valence-corrected chi connectivity index (χ0v) is 38.0. The lowest BCUT2D eigenvalue weighted by atomic mass is 9.70. The number of furan rings is 1. The van der Waals surface area contributed by atoms with Crippen LogP contribution in [-0.2, 0) is 5.41 Å². The third kappa shape index (κ3) is 4.97. The predicted octanol–water partition coefficient (Wildman–Crippen LogP) is 16.2. The largest absolute Gasteiger partial charge is 0.455 e. The van der Waals surface area contributed by atoms with Gasteiger partial charge in [0.25, 0.3) is 0 Å². The highest BCUT2D eigenvalue weighted by atomic mass is 28.3. The second-order valence-electron chi connectivity index (χ2n) is 19.2. The lowest BCUT2D eigenvalue weighted by Gasteiger charge is -2.33. The molecule has 4 heteroatoms. The van der Waals surface area contributed by atoms with Crippen molar-refractivity contribution >= 4 is 84.8 Å². The molecule has 66 heavy (non-hydrogen) atoms. The minimum atomic E-state index is -1.63. The Morgan fingerprint density at radius 3 is 1.80 bits per heavy atom. The van der Waals surface area contributed by atoms with Crippen molar-refractivity contribution in [3.8, 4) is 27.9 Å². The zero-order chi connectivity index (χ0) is 43.9. The molecule has 3 nitrogen and oxygen atoms in total. The maximum absolute atomic E-state index is 7.29. The summed E-state index contributed by atoms with van der Waals surface area (Å²) in [6.45, 7) is 7.29. The Morgan fingerprint density at radius 1 is 0.455 bits per heavy atom. The molecule has 312 valence electrons. The fraction of sp³-hybridized carbons (Fsp3) is 0.0645. The van der Waals surface area contributed by atoms with E-state index in [9.17, 15) is 0 Å². The summed E-state index contributed by atoms with van der Waals surface area (Å²) in [6, 6.07) is 79.2. The topological polar surface area (TPSA) is 21.3 Å². The molecule has 0 N–H and O–H groups in total. The van der Waals surface area contributed by atoms with E-state index in [1.54, 1.807) is 0 Å². The van der Waals surface area contributed by atoms with Gasteiger partial charge < -0.3 is 13.9 Å². The molecule has 0 bridgehead atoms. The Balaban J connectivity index is 1.14. The average Bonchev–Trinajstić information content (AvgIpc) is 4.08. The summed E-state index contributed by atoms with van der Waals surface area (Å²) in [6.07, 6.45) is 0. The van der Waals surface area contributed by atoms with Gasteiger partial charge in [-0.3, -0.25) is 0 Å². The molecule has 10 aromatic carbocycles. The van der Waals surface area contributed by atoms with Gasteiger partial charge in [-0.2, -0.15) is 0 Å². The molecule has 2 aromatic heterocycles. The van der Waals surface area contributed by atoms with Crippen molar-refractivity contribution in [1.82, 2.24) is 4.57 Å². The molecule has 0 atom stereocenters. The molecule has 12 aromatic rings. The van der Waals surface area contributed by atoms with Crippen molar-refractivity contribution in [1.29, 1.82) is 0 Å². The van der Waals surface area contributed by atoms with Gasteiger partial charge in [0.15, 0.2) is 0 Å². The number of aromatic nitrogens is 1. The predicted molar refractivity (Wildman–Crippen MR) is 280 cm³/mol. The van der Waals surface area contributed by atoms with Crippen LogP contribution in [0.5, 0.6) is 0 Å². The molecule has 0 amide bonds. The highest BCUT2D eigenvalue weighted by Crippen LogP contribution is 2.65. The third-order valence-corrected chi connectivity index (χ3v) is 16.8. The quantitative estimate of drug-likeness (QED) is 0.161. The smallest absolute Gasteiger partial charge is 0.145 e. The molecule has 0 saturated heterocycles. The van der Waals surface area contributed by atoms with Crippen LogP contribution < -0.4 is 10.1 Å². The van der Waals surface area contributed by atoms with E-state index >= 15 is 0 Å². The van der Waals surface area contributed by atoms with E-state index < -0.39 is 13.5 Å². The second-order valence-corrected chi connectivity index (χ2v) is 24.3. The first-order valence-electron chi connectivity index (χ1n) is 23.1. The molecule has 0 aliphatic heterocycles. The Morgan fingerprint density at radius 2 is 1.06 bits per heavy atom. The first-order valence-corrected chi connectivity index (χ1v) is 26.6. The number of hydrogen-bond acceptors (Lipinski definition) is 2. The SMILES string of the molecule is C[Si](C)(C)c1ccc(N(c2cc3c(c4oc5ccccc5c24)-c2ccccc2C32c3ccccc3-c3ccccc32)c2cccc3c2c2ccccc2n3-c2ccc3ccccc3c2)cc1. The summed E-state index contributed by atoms with van der Waals surface area (Å²) >= 11 is 0. The van der Waals surface area contributed by atoms with Gasteiger partial charge >= 0.3 is 0 Å². The lowest BCUT2D eigenvalue weighted by molar-refractivity contribution is 0.669. The molecule has 2 aliphatic rings. The van der Waals surface area contributed by atoms with E-state index in [2.05, 4.69) is 241 Å². The molecule has 14 rings (SSSR count). The molecule has 0 radical (unpaired) electrons. The highest BCUT2D eigenvalue weighted by molar-refractivity contribution is 6.88. The van der Waals surface area contributed by atoms with E-state index in [-0.39, 0.29) is 0 Å². The van der Waals surface area contributed by atoms with Crippen molar-refractivity contribution in [2.75, 3.05) is 4.90 Å². The van der Waals surface area contributed by atoms with Crippen LogP contribution in [0.3, 0.4) is 0 Å². The van der Waals surface area contributed by atoms with E-state index in [1.807, 2.05) is 0 Å². The number of rotatable bonds is 5. The van der Waals surface area contributed by atoms with Gasteiger partial charge in [-0.05, 0) is 104 Å². The standard InChI is InChI=1S/C62H44N2OSi/c1-66(2,3)43-35-33-41(34-36-43)63(54-28-16-29-55-59(54)47-22-9-14-27-53(47)64(55)42-32-31-39-17-4-5-18-40(39)37-42)56-38-52-58(61-60(56)48-23-10-15-30-57(48)65-61)46-21-8-13-26-51(46)62(52)49-24-11-6-19-44(49)45-20-7-12-25-50(45)62/h4-38H,1-3H3. The molecular formula is C62H44N2OSi. The zero-order valence-electron chi connectivity index (χ0n) is 37.0. The van der Waals surface area contributed by atoms with Crippen molar-refractivity contribution in [3.63, 3.8) is 0 Å². The van der Waals surface area contributed by atoms with Gasteiger partial charge in [0.1, 0.15) is 11.2 Å². The molecule has 2 aliphatic carbocycles. The fourth-order valence-corrected chi connectivity index (χ4v) is 13.1.